The van der Waals surface area contributed by atoms with Crippen LogP contribution in [-0.4, -0.2) is 20.5 Å². The van der Waals surface area contributed by atoms with Crippen molar-refractivity contribution >= 4 is 11.5 Å². The molecule has 0 saturated heterocycles. The fraction of sp³-hybridized carbons (Fsp3) is 0.385. The number of carbonyl (C=O) groups is 1. The van der Waals surface area contributed by atoms with Gasteiger partial charge in [-0.1, -0.05) is 19.9 Å². The van der Waals surface area contributed by atoms with E-state index >= 15 is 0 Å². The van der Waals surface area contributed by atoms with Crippen molar-refractivity contribution in [3.8, 4) is 0 Å². The Balaban J connectivity index is 2.71. The molecule has 0 unspecified atom stereocenters. The Morgan fingerprint density at radius 1 is 1.47 bits per heavy atom. The van der Waals surface area contributed by atoms with Crippen molar-refractivity contribution in [3.63, 3.8) is 0 Å². The van der Waals surface area contributed by atoms with Gasteiger partial charge in [0.15, 0.2) is 0 Å². The average Bonchev–Trinajstić information content (AvgIpc) is 2.58. The van der Waals surface area contributed by atoms with Gasteiger partial charge in [0, 0.05) is 11.6 Å². The van der Waals surface area contributed by atoms with Crippen LogP contribution in [0.25, 0.3) is 5.52 Å². The second-order valence-electron chi connectivity index (χ2n) is 4.53. The van der Waals surface area contributed by atoms with Crippen LogP contribution in [0.4, 0.5) is 0 Å². The van der Waals surface area contributed by atoms with Gasteiger partial charge in [-0.15, -0.1) is 0 Å². The van der Waals surface area contributed by atoms with Gasteiger partial charge < -0.3 is 9.51 Å². The number of carboxylic acid groups (broad SMARTS) is 1. The molecule has 0 aliphatic heterocycles. The molecule has 0 saturated carbocycles. The third-order valence-electron chi connectivity index (χ3n) is 2.79. The molecule has 2 heterocycles. The first-order valence-corrected chi connectivity index (χ1v) is 5.69. The lowest BCUT2D eigenvalue weighted by atomic mass is 10.2. The number of aromatic nitrogens is 2. The third kappa shape index (κ3) is 2.02. The summed E-state index contributed by atoms with van der Waals surface area (Å²) in [5.74, 6) is 0.349. The van der Waals surface area contributed by atoms with Crippen LogP contribution >= 0.6 is 0 Å². The molecule has 4 nitrogen and oxygen atoms in total. The lowest BCUT2D eigenvalue weighted by Gasteiger charge is -2.06. The summed E-state index contributed by atoms with van der Waals surface area (Å²) in [4.78, 5) is 15.3. The predicted octanol–water partition coefficient (Wildman–Crippen LogP) is 2.39. The number of aliphatic carboxylic acids is 1. The first-order chi connectivity index (χ1) is 8.00. The highest BCUT2D eigenvalue weighted by Crippen LogP contribution is 2.21. The van der Waals surface area contributed by atoms with Crippen LogP contribution in [0, 0.1) is 6.92 Å². The number of hydrogen-bond donors (Lipinski definition) is 1. The predicted molar refractivity (Wildman–Crippen MR) is 65.4 cm³/mol. The molecule has 0 bridgehead atoms. The maximum absolute atomic E-state index is 10.8. The molecule has 1 N–H and O–H groups in total. The van der Waals surface area contributed by atoms with Gasteiger partial charge in [0.1, 0.15) is 5.82 Å². The summed E-state index contributed by atoms with van der Waals surface area (Å²) in [7, 11) is 0. The Kier molecular flexibility index (Phi) is 2.88. The van der Waals surface area contributed by atoms with Gasteiger partial charge in [-0.25, -0.2) is 4.98 Å². The van der Waals surface area contributed by atoms with Crippen LogP contribution in [-0.2, 0) is 11.2 Å². The van der Waals surface area contributed by atoms with E-state index in [0.717, 1.165) is 17.0 Å². The average molecular weight is 232 g/mol. The number of hydrogen-bond acceptors (Lipinski definition) is 2. The van der Waals surface area contributed by atoms with E-state index < -0.39 is 5.97 Å². The fourth-order valence-electron chi connectivity index (χ4n) is 2.05. The molecule has 2 aromatic rings. The minimum absolute atomic E-state index is 0.0281. The minimum atomic E-state index is -0.846. The summed E-state index contributed by atoms with van der Waals surface area (Å²) < 4.78 is 2.04. The van der Waals surface area contributed by atoms with Gasteiger partial charge in [-0.05, 0) is 19.1 Å². The van der Waals surface area contributed by atoms with Crippen molar-refractivity contribution in [3.05, 3.63) is 35.4 Å². The smallest absolute Gasteiger partial charge is 0.309 e. The highest BCUT2D eigenvalue weighted by molar-refractivity contribution is 5.73. The second-order valence-corrected chi connectivity index (χ2v) is 4.53. The summed E-state index contributed by atoms with van der Waals surface area (Å²) in [6.07, 6.45) is -0.0281. The Morgan fingerprint density at radius 3 is 2.76 bits per heavy atom. The van der Waals surface area contributed by atoms with Crippen molar-refractivity contribution in [2.75, 3.05) is 0 Å². The largest absolute Gasteiger partial charge is 0.481 e. The summed E-state index contributed by atoms with van der Waals surface area (Å²) >= 11 is 0. The molecule has 2 aromatic heterocycles. The Morgan fingerprint density at radius 2 is 2.18 bits per heavy atom. The molecule has 90 valence electrons. The highest BCUT2D eigenvalue weighted by atomic mass is 16.4. The monoisotopic (exact) mass is 232 g/mol. The van der Waals surface area contributed by atoms with Crippen molar-refractivity contribution < 1.29 is 9.90 Å². The van der Waals surface area contributed by atoms with E-state index in [2.05, 4.69) is 18.8 Å². The maximum Gasteiger partial charge on any atom is 0.309 e. The summed E-state index contributed by atoms with van der Waals surface area (Å²) in [5.41, 5.74) is 2.62. The van der Waals surface area contributed by atoms with Gasteiger partial charge in [-0.2, -0.15) is 0 Å². The van der Waals surface area contributed by atoms with Crippen LogP contribution in [0.15, 0.2) is 18.2 Å². The van der Waals surface area contributed by atoms with Crippen molar-refractivity contribution in [2.24, 2.45) is 0 Å². The topological polar surface area (TPSA) is 54.6 Å². The molecule has 0 aromatic carbocycles. The Labute approximate surface area is 99.9 Å². The molecule has 0 radical (unpaired) electrons. The second kappa shape index (κ2) is 4.20. The highest BCUT2D eigenvalue weighted by Gasteiger charge is 2.16. The lowest BCUT2D eigenvalue weighted by Crippen LogP contribution is -2.01. The number of nitrogens with zero attached hydrogens (tertiary/aromatic N) is 2. The molecule has 0 atom stereocenters. The lowest BCUT2D eigenvalue weighted by molar-refractivity contribution is -0.136. The first kappa shape index (κ1) is 11.6. The van der Waals surface area contributed by atoms with Gasteiger partial charge in [0.25, 0.3) is 0 Å². The number of pyridine rings is 1. The first-order valence-electron chi connectivity index (χ1n) is 5.69. The van der Waals surface area contributed by atoms with Gasteiger partial charge in [0.2, 0.25) is 0 Å². The minimum Gasteiger partial charge on any atom is -0.481 e. The van der Waals surface area contributed by atoms with E-state index in [1.165, 1.54) is 0 Å². The molecule has 4 heteroatoms. The molecule has 17 heavy (non-hydrogen) atoms. The number of rotatable bonds is 3. The number of imidazole rings is 1. The van der Waals surface area contributed by atoms with E-state index in [1.54, 1.807) is 0 Å². The number of aryl methyl sites for hydroxylation is 1. The molecule has 0 aliphatic carbocycles. The van der Waals surface area contributed by atoms with Crippen LogP contribution in [0.1, 0.15) is 37.0 Å². The molecular formula is C13H16N2O2. The third-order valence-corrected chi connectivity index (χ3v) is 2.79. The van der Waals surface area contributed by atoms with Crippen LogP contribution in [0.5, 0.6) is 0 Å². The van der Waals surface area contributed by atoms with E-state index in [-0.39, 0.29) is 12.3 Å². The van der Waals surface area contributed by atoms with E-state index in [0.29, 0.717) is 5.69 Å². The van der Waals surface area contributed by atoms with Gasteiger partial charge >= 0.3 is 5.97 Å². The fourth-order valence-corrected chi connectivity index (χ4v) is 2.05. The number of carboxylic acids is 1. The molecule has 0 spiro atoms. The van der Waals surface area contributed by atoms with Crippen molar-refractivity contribution in [2.45, 2.75) is 33.1 Å². The quantitative estimate of drug-likeness (QED) is 0.884. The van der Waals surface area contributed by atoms with Crippen LogP contribution in [0.3, 0.4) is 0 Å². The zero-order valence-corrected chi connectivity index (χ0v) is 10.3. The van der Waals surface area contributed by atoms with E-state index in [4.69, 9.17) is 5.11 Å². The van der Waals surface area contributed by atoms with Crippen molar-refractivity contribution in [1.82, 2.24) is 9.38 Å². The summed E-state index contributed by atoms with van der Waals surface area (Å²) in [6.45, 7) is 6.13. The zero-order chi connectivity index (χ0) is 12.6. The SMILES string of the molecule is Cc1cccc2c(CC(=O)O)nc(C(C)C)n12. The normalized spacial score (nSPS) is 11.3. The molecule has 2 rings (SSSR count). The van der Waals surface area contributed by atoms with Crippen LogP contribution < -0.4 is 0 Å². The van der Waals surface area contributed by atoms with Gasteiger partial charge in [0.05, 0.1) is 17.6 Å². The summed E-state index contributed by atoms with van der Waals surface area (Å²) in [5, 5.41) is 8.89. The zero-order valence-electron chi connectivity index (χ0n) is 10.3. The van der Waals surface area contributed by atoms with Crippen molar-refractivity contribution in [1.29, 1.82) is 0 Å². The molecule has 0 fully saturated rings. The van der Waals surface area contributed by atoms with Gasteiger partial charge in [-0.3, -0.25) is 4.79 Å². The van der Waals surface area contributed by atoms with E-state index in [9.17, 15) is 4.79 Å². The maximum atomic E-state index is 10.8. The van der Waals surface area contributed by atoms with Crippen LogP contribution in [0.2, 0.25) is 0 Å². The summed E-state index contributed by atoms with van der Waals surface area (Å²) in [6, 6.07) is 5.86. The molecular weight excluding hydrogens is 216 g/mol. The number of fused-ring (bicyclic) bond motifs is 1. The Bertz CT molecular complexity index is 570. The van der Waals surface area contributed by atoms with E-state index in [1.807, 2.05) is 29.5 Å². The molecule has 0 amide bonds. The Hall–Kier alpha value is -1.84. The standard InChI is InChI=1S/C13H16N2O2/c1-8(2)13-14-10(7-12(16)17)11-6-4-5-9(3)15(11)13/h4-6,8H,7H2,1-3H3,(H,16,17). The molecule has 0 aliphatic rings.